The second-order valence-corrected chi connectivity index (χ2v) is 30.6. The first-order chi connectivity index (χ1) is 54.2. The summed E-state index contributed by atoms with van der Waals surface area (Å²) in [5, 5.41) is 19.8. The van der Waals surface area contributed by atoms with Crippen molar-refractivity contribution in [3.63, 3.8) is 0 Å². The van der Waals surface area contributed by atoms with E-state index in [2.05, 4.69) is 424 Å². The van der Waals surface area contributed by atoms with Crippen LogP contribution in [0.5, 0.6) is 0 Å². The van der Waals surface area contributed by atoms with Crippen LogP contribution in [0.2, 0.25) is 0 Å². The van der Waals surface area contributed by atoms with Crippen molar-refractivity contribution in [2.75, 3.05) is 9.80 Å². The molecule has 0 saturated carbocycles. The fourth-order valence-electron chi connectivity index (χ4n) is 19.1. The van der Waals surface area contributed by atoms with E-state index >= 15 is 0 Å². The van der Waals surface area contributed by atoms with Crippen molar-refractivity contribution in [1.82, 2.24) is 0 Å². The molecule has 20 aromatic rings. The van der Waals surface area contributed by atoms with E-state index in [0.29, 0.717) is 0 Å². The summed E-state index contributed by atoms with van der Waals surface area (Å²) in [6.07, 6.45) is 0. The summed E-state index contributed by atoms with van der Waals surface area (Å²) in [5.41, 5.74) is 26.1. The van der Waals surface area contributed by atoms with Gasteiger partial charge in [-0.1, -0.05) is 323 Å². The van der Waals surface area contributed by atoms with Crippen LogP contribution in [0.4, 0.5) is 34.1 Å². The van der Waals surface area contributed by atoms with Crippen LogP contribution in [0.3, 0.4) is 0 Å². The molecule has 0 atom stereocenters. The lowest BCUT2D eigenvalue weighted by molar-refractivity contribution is 0.660. The maximum atomic E-state index is 2.47. The fraction of sp³-hybridized carbons (Fsp3) is 0.0370. The normalized spacial score (nSPS) is 13.1. The van der Waals surface area contributed by atoms with Gasteiger partial charge in [-0.25, -0.2) is 0 Å². The van der Waals surface area contributed by atoms with Crippen molar-refractivity contribution >= 4 is 120 Å². The van der Waals surface area contributed by atoms with Gasteiger partial charge in [0.1, 0.15) is 0 Å². The van der Waals surface area contributed by atoms with Gasteiger partial charge >= 0.3 is 0 Å². The second-order valence-electron chi connectivity index (χ2n) is 30.6. The quantitative estimate of drug-likeness (QED) is 0.119. The zero-order valence-corrected chi connectivity index (χ0v) is 61.0. The molecule has 0 radical (unpaired) electrons. The van der Waals surface area contributed by atoms with Crippen LogP contribution in [0.15, 0.2) is 400 Å². The summed E-state index contributed by atoms with van der Waals surface area (Å²) in [5.74, 6) is 0. The molecule has 2 aliphatic carbocycles. The molecule has 2 nitrogen and oxygen atoms in total. The third-order valence-electron chi connectivity index (χ3n) is 24.4. The van der Waals surface area contributed by atoms with E-state index in [9.17, 15) is 0 Å². The molecule has 2 aliphatic rings. The van der Waals surface area contributed by atoms with Crippen LogP contribution in [-0.2, 0) is 10.8 Å². The largest absolute Gasteiger partial charge is 0.310 e. The molecule has 0 unspecified atom stereocenters. The van der Waals surface area contributed by atoms with Crippen LogP contribution in [0.1, 0.15) is 47.2 Å². The molecular weight excluding hydrogens is 1330 g/mol. The van der Waals surface area contributed by atoms with Crippen molar-refractivity contribution in [1.29, 1.82) is 0 Å². The van der Waals surface area contributed by atoms with E-state index in [4.69, 9.17) is 0 Å². The standard InChI is InChI=1S/C108H72N2/c1-107(2)103-30-15-13-26-99(103)101-60-52-87(67-105(101)107)109(83-46-38-69(39-47-83)73-42-54-92-75(62-73)34-32-71-18-9-11-24-89(71)92)85-51-59-95-80(66-85)37-36-76-64-78(44-56-93(76)95)91-28-17-29-97-96-55-43-74(63-77(96)45-57-98(91)97)70-40-48-84(49-41-70)110(86-50-58-94-79(65-86)35-33-72-19-10-12-25-90(72)94)88-53-61-102-100-27-14-16-31-104(100)108(106(102)68-88,81-20-5-3-6-21-81)82-22-7-4-8-23-82/h3-68H,1-2H3. The molecule has 0 heterocycles. The van der Waals surface area contributed by atoms with Crippen molar-refractivity contribution < 1.29 is 0 Å². The highest BCUT2D eigenvalue weighted by atomic mass is 15.1. The van der Waals surface area contributed by atoms with E-state index in [1.165, 1.54) is 170 Å². The summed E-state index contributed by atoms with van der Waals surface area (Å²) in [6.45, 7) is 4.74. The van der Waals surface area contributed by atoms with Crippen molar-refractivity contribution in [2.45, 2.75) is 24.7 Å². The molecule has 20 aromatic carbocycles. The van der Waals surface area contributed by atoms with E-state index in [0.717, 1.165) is 39.7 Å². The highest BCUT2D eigenvalue weighted by molar-refractivity contribution is 6.16. The third-order valence-corrected chi connectivity index (χ3v) is 24.4. The van der Waals surface area contributed by atoms with Gasteiger partial charge in [-0.15, -0.1) is 0 Å². The Hall–Kier alpha value is -13.9. The Morgan fingerprint density at radius 3 is 1.05 bits per heavy atom. The van der Waals surface area contributed by atoms with Crippen LogP contribution < -0.4 is 9.80 Å². The van der Waals surface area contributed by atoms with Gasteiger partial charge in [0.05, 0.1) is 5.41 Å². The minimum atomic E-state index is -0.540. The lowest BCUT2D eigenvalue weighted by atomic mass is 9.67. The average molecular weight is 1400 g/mol. The zero-order valence-electron chi connectivity index (χ0n) is 61.0. The number of anilines is 6. The van der Waals surface area contributed by atoms with Gasteiger partial charge in [0.15, 0.2) is 0 Å². The molecule has 0 saturated heterocycles. The van der Waals surface area contributed by atoms with E-state index in [1.807, 2.05) is 0 Å². The third kappa shape index (κ3) is 9.89. The SMILES string of the molecule is CC1(C)c2ccccc2-c2ccc(N(c3ccc(-c4ccc5c(ccc6ccccc65)c4)cc3)c3ccc4c(ccc5cc(-c6cccc7c6ccc6cc(-c8ccc(N(c9ccc%10c(c9)C(c9ccccc9)(c9ccccc9)c9ccccc9-%10)c9ccc%10c(ccc%11ccccc%11%10)c9)cc8)ccc67)ccc54)c3)cc21. The van der Waals surface area contributed by atoms with Crippen LogP contribution in [0, 0.1) is 0 Å². The molecule has 110 heavy (non-hydrogen) atoms. The maximum absolute atomic E-state index is 2.47. The molecule has 0 spiro atoms. The Balaban J connectivity index is 0.590. The Morgan fingerprint density at radius 2 is 0.500 bits per heavy atom. The molecule has 2 heteroatoms. The second kappa shape index (κ2) is 24.8. The lowest BCUT2D eigenvalue weighted by Crippen LogP contribution is -2.28. The minimum absolute atomic E-state index is 0.146. The topological polar surface area (TPSA) is 6.48 Å². The zero-order chi connectivity index (χ0) is 72.8. The lowest BCUT2D eigenvalue weighted by Gasteiger charge is -2.35. The molecule has 514 valence electrons. The van der Waals surface area contributed by atoms with Gasteiger partial charge in [0.2, 0.25) is 0 Å². The Morgan fingerprint density at radius 1 is 0.173 bits per heavy atom. The summed E-state index contributed by atoms with van der Waals surface area (Å²) in [4.78, 5) is 4.90. The number of fused-ring (bicyclic) bond motifs is 18. The first-order valence-electron chi connectivity index (χ1n) is 38.4. The Kier molecular flexibility index (Phi) is 14.3. The van der Waals surface area contributed by atoms with Crippen molar-refractivity contribution in [2.24, 2.45) is 0 Å². The smallest absolute Gasteiger partial charge is 0.0714 e. The molecule has 0 fully saturated rings. The molecule has 22 rings (SSSR count). The number of nitrogens with zero attached hydrogens (tertiary/aromatic N) is 2. The average Bonchev–Trinajstić information content (AvgIpc) is 1.53. The van der Waals surface area contributed by atoms with Gasteiger partial charge in [-0.3, -0.25) is 0 Å². The summed E-state index contributed by atoms with van der Waals surface area (Å²) in [7, 11) is 0. The Bertz CT molecular complexity index is 7130. The van der Waals surface area contributed by atoms with Gasteiger partial charge in [-0.2, -0.15) is 0 Å². The molecule has 0 bridgehead atoms. The minimum Gasteiger partial charge on any atom is -0.310 e. The number of benzene rings is 20. The van der Waals surface area contributed by atoms with Gasteiger partial charge in [0, 0.05) is 39.5 Å². The van der Waals surface area contributed by atoms with Crippen LogP contribution in [-0.4, -0.2) is 0 Å². The van der Waals surface area contributed by atoms with Crippen molar-refractivity contribution in [3.8, 4) is 55.6 Å². The number of hydrogen-bond acceptors (Lipinski definition) is 2. The Labute approximate surface area is 639 Å². The molecular formula is C108H72N2. The monoisotopic (exact) mass is 1400 g/mol. The predicted octanol–water partition coefficient (Wildman–Crippen LogP) is 29.5. The van der Waals surface area contributed by atoms with Crippen molar-refractivity contribution in [3.05, 3.63) is 434 Å². The van der Waals surface area contributed by atoms with Gasteiger partial charge in [-0.05, 0) is 266 Å². The predicted molar refractivity (Wildman–Crippen MR) is 467 cm³/mol. The van der Waals surface area contributed by atoms with E-state index in [-0.39, 0.29) is 5.41 Å². The van der Waals surface area contributed by atoms with E-state index < -0.39 is 5.41 Å². The highest BCUT2D eigenvalue weighted by Gasteiger charge is 2.46. The summed E-state index contributed by atoms with van der Waals surface area (Å²) < 4.78 is 0. The van der Waals surface area contributed by atoms with Crippen LogP contribution >= 0.6 is 0 Å². The highest BCUT2D eigenvalue weighted by Crippen LogP contribution is 2.58. The molecule has 0 aromatic heterocycles. The van der Waals surface area contributed by atoms with Crippen LogP contribution in [0.25, 0.3) is 142 Å². The fourth-order valence-corrected chi connectivity index (χ4v) is 19.1. The van der Waals surface area contributed by atoms with E-state index in [1.54, 1.807) is 0 Å². The number of rotatable bonds is 11. The molecule has 0 amide bonds. The molecule has 0 aliphatic heterocycles. The van der Waals surface area contributed by atoms with Gasteiger partial charge < -0.3 is 9.80 Å². The summed E-state index contributed by atoms with van der Waals surface area (Å²) in [6, 6.07) is 150. The first-order valence-corrected chi connectivity index (χ1v) is 38.4. The van der Waals surface area contributed by atoms with Gasteiger partial charge in [0.25, 0.3) is 0 Å². The number of hydrogen-bond donors (Lipinski definition) is 0. The maximum Gasteiger partial charge on any atom is 0.0714 e. The molecule has 0 N–H and O–H groups in total. The first kappa shape index (κ1) is 63.4. The summed E-state index contributed by atoms with van der Waals surface area (Å²) >= 11 is 0.